The van der Waals surface area contributed by atoms with Gasteiger partial charge >= 0.3 is 0 Å². The molecule has 0 radical (unpaired) electrons. The van der Waals surface area contributed by atoms with Crippen LogP contribution in [0.3, 0.4) is 0 Å². The summed E-state index contributed by atoms with van der Waals surface area (Å²) >= 11 is 0. The highest BCUT2D eigenvalue weighted by Crippen LogP contribution is 2.22. The SMILES string of the molecule is COc1ccc2[nH]c3c(c(=O)c2c1)CN(CC(=O)Nc1ccc(C)c(F)c1)CC3. The Kier molecular flexibility index (Phi) is 5.07. The first kappa shape index (κ1) is 19.1. The lowest BCUT2D eigenvalue weighted by molar-refractivity contribution is -0.117. The molecule has 0 fully saturated rings. The minimum Gasteiger partial charge on any atom is -0.497 e. The van der Waals surface area contributed by atoms with Crippen LogP contribution in [0.5, 0.6) is 5.75 Å². The van der Waals surface area contributed by atoms with Crippen molar-refractivity contribution in [3.8, 4) is 5.75 Å². The molecule has 0 aliphatic carbocycles. The monoisotopic (exact) mass is 395 g/mol. The number of aromatic amines is 1. The molecule has 3 aromatic rings. The number of aryl methyl sites for hydroxylation is 1. The molecular weight excluding hydrogens is 373 g/mol. The number of pyridine rings is 1. The summed E-state index contributed by atoms with van der Waals surface area (Å²) < 4.78 is 18.9. The number of nitrogens with zero attached hydrogens (tertiary/aromatic N) is 1. The quantitative estimate of drug-likeness (QED) is 0.712. The zero-order valence-corrected chi connectivity index (χ0v) is 16.3. The highest BCUT2D eigenvalue weighted by molar-refractivity contribution is 5.92. The Hall–Kier alpha value is -3.19. The maximum absolute atomic E-state index is 13.7. The second kappa shape index (κ2) is 7.67. The summed E-state index contributed by atoms with van der Waals surface area (Å²) in [6, 6.07) is 10.00. The summed E-state index contributed by atoms with van der Waals surface area (Å²) in [5, 5.41) is 3.29. The highest BCUT2D eigenvalue weighted by Gasteiger charge is 2.22. The lowest BCUT2D eigenvalue weighted by Gasteiger charge is -2.28. The number of aromatic nitrogens is 1. The first-order chi connectivity index (χ1) is 13.9. The fourth-order valence-corrected chi connectivity index (χ4v) is 3.65. The number of carbonyl (C=O) groups is 1. The number of amides is 1. The fourth-order valence-electron chi connectivity index (χ4n) is 3.65. The molecule has 6 nitrogen and oxygen atoms in total. The van der Waals surface area contributed by atoms with Gasteiger partial charge in [-0.3, -0.25) is 14.5 Å². The number of halogens is 1. The molecule has 0 atom stereocenters. The Morgan fingerprint density at radius 2 is 2.10 bits per heavy atom. The summed E-state index contributed by atoms with van der Waals surface area (Å²) in [5.74, 6) is 0.0273. The van der Waals surface area contributed by atoms with E-state index in [-0.39, 0.29) is 23.7 Å². The Bertz CT molecular complexity index is 1160. The van der Waals surface area contributed by atoms with Crippen molar-refractivity contribution in [3.63, 3.8) is 0 Å². The van der Waals surface area contributed by atoms with Crippen molar-refractivity contribution in [3.05, 3.63) is 69.3 Å². The molecule has 1 aromatic heterocycles. The number of hydrogen-bond acceptors (Lipinski definition) is 4. The number of H-pyrrole nitrogens is 1. The van der Waals surface area contributed by atoms with Gasteiger partial charge in [0.2, 0.25) is 5.91 Å². The molecule has 1 amide bonds. The predicted molar refractivity (Wildman–Crippen MR) is 110 cm³/mol. The van der Waals surface area contributed by atoms with Crippen LogP contribution in [-0.4, -0.2) is 36.0 Å². The van der Waals surface area contributed by atoms with Crippen LogP contribution in [0.1, 0.15) is 16.8 Å². The minimum atomic E-state index is -0.358. The first-order valence-corrected chi connectivity index (χ1v) is 9.45. The molecule has 7 heteroatoms. The van der Waals surface area contributed by atoms with E-state index < -0.39 is 0 Å². The lowest BCUT2D eigenvalue weighted by atomic mass is 10.0. The average Bonchev–Trinajstić information content (AvgIpc) is 2.71. The van der Waals surface area contributed by atoms with E-state index in [0.29, 0.717) is 47.5 Å². The van der Waals surface area contributed by atoms with Gasteiger partial charge in [0.05, 0.1) is 13.7 Å². The van der Waals surface area contributed by atoms with E-state index in [1.54, 1.807) is 32.2 Å². The van der Waals surface area contributed by atoms with Crippen molar-refractivity contribution in [2.24, 2.45) is 0 Å². The molecule has 0 saturated carbocycles. The van der Waals surface area contributed by atoms with E-state index in [4.69, 9.17) is 4.74 Å². The highest BCUT2D eigenvalue weighted by atomic mass is 19.1. The number of ether oxygens (including phenoxy) is 1. The molecule has 4 rings (SSSR count). The zero-order chi connectivity index (χ0) is 20.5. The molecule has 150 valence electrons. The molecule has 1 aliphatic heterocycles. The molecule has 2 aromatic carbocycles. The van der Waals surface area contributed by atoms with E-state index in [1.807, 2.05) is 17.0 Å². The minimum absolute atomic E-state index is 0.0432. The topological polar surface area (TPSA) is 74.4 Å². The normalized spacial score (nSPS) is 13.9. The van der Waals surface area contributed by atoms with E-state index >= 15 is 0 Å². The molecule has 2 N–H and O–H groups in total. The number of anilines is 1. The van der Waals surface area contributed by atoms with Gasteiger partial charge in [-0.15, -0.1) is 0 Å². The average molecular weight is 395 g/mol. The first-order valence-electron chi connectivity index (χ1n) is 9.45. The van der Waals surface area contributed by atoms with E-state index in [1.165, 1.54) is 6.07 Å². The van der Waals surface area contributed by atoms with Gasteiger partial charge in [0.25, 0.3) is 0 Å². The molecular formula is C22H22FN3O3. The van der Waals surface area contributed by atoms with Crippen molar-refractivity contribution in [2.75, 3.05) is 25.5 Å². The molecule has 0 unspecified atom stereocenters. The van der Waals surface area contributed by atoms with Crippen molar-refractivity contribution in [1.82, 2.24) is 9.88 Å². The van der Waals surface area contributed by atoms with Crippen LogP contribution in [0.25, 0.3) is 10.9 Å². The Morgan fingerprint density at radius 1 is 1.28 bits per heavy atom. The van der Waals surface area contributed by atoms with Gasteiger partial charge in [0, 0.05) is 47.4 Å². The van der Waals surface area contributed by atoms with E-state index in [0.717, 1.165) is 11.2 Å². The predicted octanol–water partition coefficient (Wildman–Crippen LogP) is 2.98. The lowest BCUT2D eigenvalue weighted by Crippen LogP contribution is -2.39. The second-order valence-corrected chi connectivity index (χ2v) is 7.30. The van der Waals surface area contributed by atoms with Crippen LogP contribution in [-0.2, 0) is 17.8 Å². The molecule has 0 saturated heterocycles. The Morgan fingerprint density at radius 3 is 2.86 bits per heavy atom. The summed E-state index contributed by atoms with van der Waals surface area (Å²) in [4.78, 5) is 30.6. The summed E-state index contributed by atoms with van der Waals surface area (Å²) in [6.45, 7) is 2.83. The zero-order valence-electron chi connectivity index (χ0n) is 16.3. The molecule has 2 heterocycles. The number of nitrogens with one attached hydrogen (secondary N) is 2. The third kappa shape index (κ3) is 3.86. The van der Waals surface area contributed by atoms with Crippen LogP contribution >= 0.6 is 0 Å². The van der Waals surface area contributed by atoms with E-state index in [9.17, 15) is 14.0 Å². The number of hydrogen-bond donors (Lipinski definition) is 2. The van der Waals surface area contributed by atoms with Crippen molar-refractivity contribution in [1.29, 1.82) is 0 Å². The van der Waals surface area contributed by atoms with Crippen LogP contribution in [0.4, 0.5) is 10.1 Å². The second-order valence-electron chi connectivity index (χ2n) is 7.30. The number of rotatable bonds is 4. The molecule has 29 heavy (non-hydrogen) atoms. The standard InChI is InChI=1S/C22H22FN3O3/c1-13-3-4-14(9-18(13)23)24-21(27)12-26-8-7-20-17(11-26)22(28)16-10-15(29-2)5-6-19(16)25-20/h3-6,9-10H,7-8,11-12H2,1-2H3,(H,24,27)(H,25,28). The van der Waals surface area contributed by atoms with Gasteiger partial charge in [-0.25, -0.2) is 4.39 Å². The molecule has 0 spiro atoms. The summed E-state index contributed by atoms with van der Waals surface area (Å²) in [7, 11) is 1.56. The van der Waals surface area contributed by atoms with Crippen LogP contribution in [0.2, 0.25) is 0 Å². The van der Waals surface area contributed by atoms with Crippen LogP contribution in [0.15, 0.2) is 41.2 Å². The van der Waals surface area contributed by atoms with Crippen molar-refractivity contribution >= 4 is 22.5 Å². The molecule has 0 bridgehead atoms. The van der Waals surface area contributed by atoms with Crippen LogP contribution < -0.4 is 15.5 Å². The van der Waals surface area contributed by atoms with Crippen molar-refractivity contribution < 1.29 is 13.9 Å². The van der Waals surface area contributed by atoms with Crippen molar-refractivity contribution in [2.45, 2.75) is 19.9 Å². The van der Waals surface area contributed by atoms with Crippen LogP contribution in [0, 0.1) is 12.7 Å². The summed E-state index contributed by atoms with van der Waals surface area (Å²) in [5.41, 5.74) is 3.27. The smallest absolute Gasteiger partial charge is 0.238 e. The Balaban J connectivity index is 1.51. The van der Waals surface area contributed by atoms with Gasteiger partial charge in [0.15, 0.2) is 5.43 Å². The molecule has 1 aliphatic rings. The third-order valence-corrected chi connectivity index (χ3v) is 5.28. The van der Waals surface area contributed by atoms with Gasteiger partial charge < -0.3 is 15.0 Å². The third-order valence-electron chi connectivity index (χ3n) is 5.28. The largest absolute Gasteiger partial charge is 0.497 e. The van der Waals surface area contributed by atoms with E-state index in [2.05, 4.69) is 10.3 Å². The van der Waals surface area contributed by atoms with Gasteiger partial charge in [0.1, 0.15) is 11.6 Å². The van der Waals surface area contributed by atoms with Gasteiger partial charge in [-0.1, -0.05) is 6.07 Å². The number of carbonyl (C=O) groups excluding carboxylic acids is 1. The van der Waals surface area contributed by atoms with Gasteiger partial charge in [-0.05, 0) is 42.8 Å². The number of benzene rings is 2. The summed E-state index contributed by atoms with van der Waals surface area (Å²) in [6.07, 6.45) is 0.652. The Labute approximate surface area is 167 Å². The number of methoxy groups -OCH3 is 1. The fraction of sp³-hybridized carbons (Fsp3) is 0.273. The maximum atomic E-state index is 13.7. The number of fused-ring (bicyclic) bond motifs is 2. The maximum Gasteiger partial charge on any atom is 0.238 e. The van der Waals surface area contributed by atoms with Gasteiger partial charge in [-0.2, -0.15) is 0 Å².